The second-order valence-electron chi connectivity index (χ2n) is 5.42. The number of anilines is 1. The summed E-state index contributed by atoms with van der Waals surface area (Å²) in [6.07, 6.45) is -5.11. The lowest BCUT2D eigenvalue weighted by atomic mass is 10.1. The van der Waals surface area contributed by atoms with Gasteiger partial charge in [0.2, 0.25) is 5.60 Å². The topological polar surface area (TPSA) is 58.6 Å². The molecule has 0 saturated carbocycles. The van der Waals surface area contributed by atoms with Crippen LogP contribution in [-0.4, -0.2) is 29.9 Å². The zero-order valence-electron chi connectivity index (χ0n) is 13.7. The van der Waals surface area contributed by atoms with E-state index in [2.05, 4.69) is 0 Å². The molecule has 1 unspecified atom stereocenters. The van der Waals surface area contributed by atoms with E-state index in [1.165, 1.54) is 31.0 Å². The van der Waals surface area contributed by atoms with Crippen molar-refractivity contribution in [2.75, 3.05) is 12.4 Å². The molecule has 26 heavy (non-hydrogen) atoms. The Morgan fingerprint density at radius 1 is 1.23 bits per heavy atom. The Hall–Kier alpha value is -1.90. The van der Waals surface area contributed by atoms with Crippen molar-refractivity contribution in [1.29, 1.82) is 0 Å². The minimum atomic E-state index is -5.11. The fourth-order valence-corrected chi connectivity index (χ4v) is 3.12. The van der Waals surface area contributed by atoms with Crippen LogP contribution in [-0.2, 0) is 4.79 Å². The van der Waals surface area contributed by atoms with E-state index in [-0.39, 0.29) is 10.7 Å². The molecular weight excluding hydrogens is 391 g/mol. The van der Waals surface area contributed by atoms with Crippen molar-refractivity contribution in [3.05, 3.63) is 47.5 Å². The monoisotopic (exact) mass is 405 g/mol. The van der Waals surface area contributed by atoms with E-state index in [0.29, 0.717) is 17.6 Å². The smallest absolute Gasteiger partial charge is 0.426 e. The summed E-state index contributed by atoms with van der Waals surface area (Å²) >= 11 is 7.39. The first-order valence-corrected chi connectivity index (χ1v) is 8.46. The van der Waals surface area contributed by atoms with Crippen LogP contribution in [0.3, 0.4) is 0 Å². The Balaban J connectivity index is 2.19. The summed E-state index contributed by atoms with van der Waals surface area (Å²) < 4.78 is 43.4. The minimum absolute atomic E-state index is 0.0365. The Morgan fingerprint density at radius 2 is 1.88 bits per heavy atom. The molecule has 0 saturated heterocycles. The number of nitrogens with one attached hydrogen (secondary N) is 1. The molecule has 2 rings (SSSR count). The van der Waals surface area contributed by atoms with Gasteiger partial charge in [0.25, 0.3) is 5.91 Å². The minimum Gasteiger partial charge on any atom is -0.496 e. The third-order valence-corrected chi connectivity index (χ3v) is 4.84. The molecule has 9 heteroatoms. The van der Waals surface area contributed by atoms with Crippen LogP contribution in [0.2, 0.25) is 5.02 Å². The summed E-state index contributed by atoms with van der Waals surface area (Å²) in [5.74, 6) is -0.954. The maximum Gasteiger partial charge on any atom is 0.426 e. The zero-order chi connectivity index (χ0) is 19.5. The molecule has 0 aliphatic carbocycles. The van der Waals surface area contributed by atoms with Crippen LogP contribution in [0, 0.1) is 0 Å². The number of methoxy groups -OCH3 is 1. The highest BCUT2D eigenvalue weighted by Crippen LogP contribution is 2.38. The largest absolute Gasteiger partial charge is 0.496 e. The molecule has 0 fully saturated rings. The van der Waals surface area contributed by atoms with E-state index in [4.69, 9.17) is 16.3 Å². The predicted molar refractivity (Wildman–Crippen MR) is 93.9 cm³/mol. The van der Waals surface area contributed by atoms with Crippen LogP contribution in [0.1, 0.15) is 6.92 Å². The average molecular weight is 406 g/mol. The van der Waals surface area contributed by atoms with Gasteiger partial charge in [-0.05, 0) is 37.3 Å². The number of hydrogen-bond donors (Lipinski definition) is 2. The molecule has 4 nitrogen and oxygen atoms in total. The quantitative estimate of drug-likeness (QED) is 0.753. The number of amides is 1. The number of para-hydroxylation sites is 1. The van der Waals surface area contributed by atoms with Gasteiger partial charge in [0.15, 0.2) is 0 Å². The van der Waals surface area contributed by atoms with E-state index in [9.17, 15) is 23.1 Å². The number of halogens is 4. The zero-order valence-corrected chi connectivity index (χ0v) is 15.3. The number of alkyl halides is 3. The van der Waals surface area contributed by atoms with Crippen LogP contribution in [0.5, 0.6) is 5.75 Å². The van der Waals surface area contributed by atoms with Crippen molar-refractivity contribution in [3.63, 3.8) is 0 Å². The normalized spacial score (nSPS) is 13.8. The van der Waals surface area contributed by atoms with E-state index in [1.807, 2.05) is 23.5 Å². The number of benzene rings is 2. The van der Waals surface area contributed by atoms with Crippen LogP contribution in [0.4, 0.5) is 18.9 Å². The summed E-state index contributed by atoms with van der Waals surface area (Å²) in [6.45, 7) is 0.377. The number of rotatable bonds is 5. The van der Waals surface area contributed by atoms with Gasteiger partial charge in [0, 0.05) is 4.90 Å². The molecule has 140 valence electrons. The summed E-state index contributed by atoms with van der Waals surface area (Å²) in [4.78, 5) is 13.2. The third-order valence-electron chi connectivity index (χ3n) is 3.48. The first kappa shape index (κ1) is 20.4. The maximum atomic E-state index is 12.7. The van der Waals surface area contributed by atoms with Crippen molar-refractivity contribution >= 4 is 35.0 Å². The van der Waals surface area contributed by atoms with Crippen molar-refractivity contribution in [3.8, 4) is 5.75 Å². The molecule has 0 aromatic heterocycles. The molecule has 1 atom stereocenters. The molecule has 0 bridgehead atoms. The SMILES string of the molecule is COc1ccccc1Sc1ccc(NC(=O)C(C)(O)C(F)(F)F)c(Cl)c1. The summed E-state index contributed by atoms with van der Waals surface area (Å²) in [7, 11) is 1.54. The van der Waals surface area contributed by atoms with Crippen molar-refractivity contribution < 1.29 is 27.8 Å². The molecule has 2 aromatic rings. The number of carbonyl (C=O) groups excluding carboxylic acids is 1. The van der Waals surface area contributed by atoms with Gasteiger partial charge < -0.3 is 15.2 Å². The molecule has 2 N–H and O–H groups in total. The van der Waals surface area contributed by atoms with Gasteiger partial charge in [0.05, 0.1) is 22.7 Å². The summed E-state index contributed by atoms with van der Waals surface area (Å²) in [5.41, 5.74) is -3.56. The van der Waals surface area contributed by atoms with Crippen LogP contribution in [0.15, 0.2) is 52.3 Å². The third kappa shape index (κ3) is 4.44. The lowest BCUT2D eigenvalue weighted by molar-refractivity contribution is -0.242. The maximum absolute atomic E-state index is 12.7. The highest BCUT2D eigenvalue weighted by atomic mass is 35.5. The first-order valence-electron chi connectivity index (χ1n) is 7.27. The molecular formula is C17H15ClF3NO3S. The van der Waals surface area contributed by atoms with Gasteiger partial charge in [-0.3, -0.25) is 4.79 Å². The number of hydrogen-bond acceptors (Lipinski definition) is 4. The van der Waals surface area contributed by atoms with Crippen molar-refractivity contribution in [2.24, 2.45) is 0 Å². The van der Waals surface area contributed by atoms with Gasteiger partial charge in [-0.15, -0.1) is 0 Å². The van der Waals surface area contributed by atoms with Gasteiger partial charge in [-0.1, -0.05) is 35.5 Å². The van der Waals surface area contributed by atoms with Crippen LogP contribution >= 0.6 is 23.4 Å². The Morgan fingerprint density at radius 3 is 2.46 bits per heavy atom. The lowest BCUT2D eigenvalue weighted by Gasteiger charge is -2.25. The molecule has 0 heterocycles. The molecule has 0 spiro atoms. The molecule has 0 aliphatic heterocycles. The number of carbonyl (C=O) groups is 1. The molecule has 2 aromatic carbocycles. The fraction of sp³-hybridized carbons (Fsp3) is 0.235. The van der Waals surface area contributed by atoms with Crippen LogP contribution < -0.4 is 10.1 Å². The fourth-order valence-electron chi connectivity index (χ4n) is 1.86. The van der Waals surface area contributed by atoms with Gasteiger partial charge >= 0.3 is 6.18 Å². The molecule has 0 aliphatic rings. The molecule has 0 radical (unpaired) electrons. The molecule has 1 amide bonds. The van der Waals surface area contributed by atoms with Crippen molar-refractivity contribution in [1.82, 2.24) is 0 Å². The van der Waals surface area contributed by atoms with E-state index >= 15 is 0 Å². The second kappa shape index (κ2) is 7.77. The highest BCUT2D eigenvalue weighted by Gasteiger charge is 2.55. The number of aliphatic hydroxyl groups is 1. The van der Waals surface area contributed by atoms with E-state index in [1.54, 1.807) is 12.1 Å². The number of ether oxygens (including phenoxy) is 1. The van der Waals surface area contributed by atoms with E-state index < -0.39 is 17.7 Å². The Bertz CT molecular complexity index is 812. The Labute approximate surface area is 157 Å². The summed E-state index contributed by atoms with van der Waals surface area (Å²) in [6, 6.07) is 11.7. The first-order chi connectivity index (χ1) is 12.1. The van der Waals surface area contributed by atoms with E-state index in [0.717, 1.165) is 4.90 Å². The van der Waals surface area contributed by atoms with Crippen molar-refractivity contribution in [2.45, 2.75) is 28.5 Å². The summed E-state index contributed by atoms with van der Waals surface area (Å²) in [5, 5.41) is 11.4. The average Bonchev–Trinajstić information content (AvgIpc) is 2.56. The van der Waals surface area contributed by atoms with Gasteiger partial charge in [-0.2, -0.15) is 13.2 Å². The highest BCUT2D eigenvalue weighted by molar-refractivity contribution is 7.99. The van der Waals surface area contributed by atoms with Crippen LogP contribution in [0.25, 0.3) is 0 Å². The van der Waals surface area contributed by atoms with Gasteiger partial charge in [0.1, 0.15) is 5.75 Å². The Kier molecular flexibility index (Phi) is 6.10. The van der Waals surface area contributed by atoms with Gasteiger partial charge in [-0.25, -0.2) is 0 Å². The lowest BCUT2D eigenvalue weighted by Crippen LogP contribution is -2.52. The standard InChI is InChI=1S/C17H15ClF3NO3S/c1-16(24,17(19,20)21)15(23)22-12-8-7-10(9-11(12)18)26-14-6-4-3-5-13(14)25-2/h3-9,24H,1-2H3,(H,22,23). The second-order valence-corrected chi connectivity index (χ2v) is 6.94. The predicted octanol–water partition coefficient (Wildman–Crippen LogP) is 4.75.